The molecule has 0 radical (unpaired) electrons. The molecule has 34 heavy (non-hydrogen) atoms. The number of carbonyl (C=O) groups excluding carboxylic acids is 1. The van der Waals surface area contributed by atoms with Crippen LogP contribution in [0, 0.1) is 0 Å². The van der Waals surface area contributed by atoms with Crippen molar-refractivity contribution in [3.05, 3.63) is 71.9 Å². The molecule has 3 rings (SSSR count). The van der Waals surface area contributed by atoms with E-state index in [9.17, 15) is 4.79 Å². The summed E-state index contributed by atoms with van der Waals surface area (Å²) in [5, 5.41) is 0.809. The molecule has 4 nitrogen and oxygen atoms in total. The molecule has 0 aliphatic carbocycles. The average Bonchev–Trinajstić information content (AvgIpc) is 2.88. The van der Waals surface area contributed by atoms with Crippen molar-refractivity contribution in [1.82, 2.24) is 9.97 Å². The largest absolute Gasteiger partial charge is 0.423 e. The van der Waals surface area contributed by atoms with E-state index < -0.39 is 0 Å². The third-order valence-electron chi connectivity index (χ3n) is 5.73. The minimum absolute atomic E-state index is 0.342. The lowest BCUT2D eigenvalue weighted by Gasteiger charge is -2.07. The SMILES string of the molecule is CCCCCCCCSc1nccc(-c2ccc(OC(=O)c3ccc(CCCC)cc3)cc2)n1. The Kier molecular flexibility index (Phi) is 11.1. The second-order valence-electron chi connectivity index (χ2n) is 8.56. The number of carbonyl (C=O) groups is 1. The van der Waals surface area contributed by atoms with Gasteiger partial charge in [0.1, 0.15) is 5.75 Å². The van der Waals surface area contributed by atoms with E-state index >= 15 is 0 Å². The quantitative estimate of drug-likeness (QED) is 0.0772. The van der Waals surface area contributed by atoms with Crippen molar-refractivity contribution in [2.75, 3.05) is 5.75 Å². The Morgan fingerprint density at radius 2 is 1.53 bits per heavy atom. The number of rotatable bonds is 14. The Hall–Kier alpha value is -2.66. The van der Waals surface area contributed by atoms with Crippen LogP contribution in [0.15, 0.2) is 66.0 Å². The number of benzene rings is 2. The van der Waals surface area contributed by atoms with E-state index in [1.807, 2.05) is 60.8 Å². The summed E-state index contributed by atoms with van der Waals surface area (Å²) in [7, 11) is 0. The van der Waals surface area contributed by atoms with Crippen molar-refractivity contribution in [3.63, 3.8) is 0 Å². The first-order valence-corrected chi connectivity index (χ1v) is 13.6. The third-order valence-corrected chi connectivity index (χ3v) is 6.68. The van der Waals surface area contributed by atoms with Gasteiger partial charge in [0.25, 0.3) is 0 Å². The topological polar surface area (TPSA) is 52.1 Å². The lowest BCUT2D eigenvalue weighted by atomic mass is 10.1. The fourth-order valence-electron chi connectivity index (χ4n) is 3.67. The van der Waals surface area contributed by atoms with E-state index in [1.54, 1.807) is 11.8 Å². The summed E-state index contributed by atoms with van der Waals surface area (Å²) in [6, 6.07) is 17.1. The number of ether oxygens (including phenoxy) is 1. The molecule has 0 atom stereocenters. The van der Waals surface area contributed by atoms with Gasteiger partial charge in [0.2, 0.25) is 0 Å². The molecule has 180 valence electrons. The minimum Gasteiger partial charge on any atom is -0.423 e. The van der Waals surface area contributed by atoms with Crippen LogP contribution in [0.3, 0.4) is 0 Å². The van der Waals surface area contributed by atoms with Gasteiger partial charge in [-0.3, -0.25) is 0 Å². The summed E-state index contributed by atoms with van der Waals surface area (Å²) in [5.74, 6) is 1.23. The maximum absolute atomic E-state index is 12.5. The molecule has 3 aromatic rings. The zero-order chi connectivity index (χ0) is 24.0. The van der Waals surface area contributed by atoms with Gasteiger partial charge in [-0.05, 0) is 67.3 Å². The van der Waals surface area contributed by atoms with Gasteiger partial charge in [0, 0.05) is 17.5 Å². The standard InChI is InChI=1S/C29H36N2O2S/c1-3-5-7-8-9-10-22-34-29-30-21-20-27(31-29)24-16-18-26(19-17-24)33-28(32)25-14-12-23(13-15-25)11-6-4-2/h12-21H,3-11,22H2,1-2H3. The van der Waals surface area contributed by atoms with Gasteiger partial charge >= 0.3 is 5.97 Å². The molecule has 0 fully saturated rings. The predicted octanol–water partition coefficient (Wildman–Crippen LogP) is 8.16. The number of thioether (sulfide) groups is 1. The molecule has 1 heterocycles. The highest BCUT2D eigenvalue weighted by Gasteiger charge is 2.10. The molecule has 0 spiro atoms. The predicted molar refractivity (Wildman–Crippen MR) is 142 cm³/mol. The second-order valence-corrected chi connectivity index (χ2v) is 9.62. The van der Waals surface area contributed by atoms with Gasteiger partial charge < -0.3 is 4.74 Å². The zero-order valence-corrected chi connectivity index (χ0v) is 21.3. The molecule has 0 bridgehead atoms. The van der Waals surface area contributed by atoms with Crippen LogP contribution >= 0.6 is 11.8 Å². The van der Waals surface area contributed by atoms with Crippen LogP contribution in [0.25, 0.3) is 11.3 Å². The van der Waals surface area contributed by atoms with Crippen LogP contribution in [-0.2, 0) is 6.42 Å². The molecular formula is C29H36N2O2S. The molecule has 0 aliphatic heterocycles. The Balaban J connectivity index is 1.51. The average molecular weight is 477 g/mol. The molecule has 0 N–H and O–H groups in total. The van der Waals surface area contributed by atoms with Gasteiger partial charge in [-0.15, -0.1) is 0 Å². The van der Waals surface area contributed by atoms with E-state index in [4.69, 9.17) is 9.72 Å². The van der Waals surface area contributed by atoms with Crippen molar-refractivity contribution < 1.29 is 9.53 Å². The van der Waals surface area contributed by atoms with Crippen molar-refractivity contribution in [3.8, 4) is 17.0 Å². The fourth-order valence-corrected chi connectivity index (χ4v) is 4.49. The van der Waals surface area contributed by atoms with Crippen LogP contribution in [0.4, 0.5) is 0 Å². The van der Waals surface area contributed by atoms with Gasteiger partial charge in [0.05, 0.1) is 11.3 Å². The van der Waals surface area contributed by atoms with Crippen LogP contribution in [0.1, 0.15) is 81.1 Å². The first-order chi connectivity index (χ1) is 16.7. The molecule has 1 aromatic heterocycles. The Bertz CT molecular complexity index is 1000. The van der Waals surface area contributed by atoms with Gasteiger partial charge in [-0.2, -0.15) is 0 Å². The Morgan fingerprint density at radius 3 is 2.26 bits per heavy atom. The maximum Gasteiger partial charge on any atom is 0.343 e. The van der Waals surface area contributed by atoms with E-state index in [0.717, 1.165) is 41.4 Å². The highest BCUT2D eigenvalue weighted by molar-refractivity contribution is 7.99. The van der Waals surface area contributed by atoms with E-state index in [2.05, 4.69) is 18.8 Å². The molecule has 0 amide bonds. The summed E-state index contributed by atoms with van der Waals surface area (Å²) in [6.07, 6.45) is 12.9. The highest BCUT2D eigenvalue weighted by Crippen LogP contribution is 2.24. The minimum atomic E-state index is -0.342. The normalized spacial score (nSPS) is 10.9. The smallest absolute Gasteiger partial charge is 0.343 e. The van der Waals surface area contributed by atoms with Gasteiger partial charge in [-0.1, -0.05) is 76.3 Å². The van der Waals surface area contributed by atoms with Gasteiger partial charge in [-0.25, -0.2) is 14.8 Å². The summed E-state index contributed by atoms with van der Waals surface area (Å²) in [6.45, 7) is 4.42. The Morgan fingerprint density at radius 1 is 0.824 bits per heavy atom. The number of unbranched alkanes of at least 4 members (excludes halogenated alkanes) is 6. The number of aryl methyl sites for hydroxylation is 1. The molecule has 0 saturated heterocycles. The Labute approximate surface area is 208 Å². The summed E-state index contributed by atoms with van der Waals surface area (Å²) >= 11 is 1.72. The molecule has 5 heteroatoms. The highest BCUT2D eigenvalue weighted by atomic mass is 32.2. The van der Waals surface area contributed by atoms with Crippen molar-refractivity contribution in [2.24, 2.45) is 0 Å². The van der Waals surface area contributed by atoms with E-state index in [-0.39, 0.29) is 5.97 Å². The number of nitrogens with zero attached hydrogens (tertiary/aromatic N) is 2. The van der Waals surface area contributed by atoms with Gasteiger partial charge in [0.15, 0.2) is 5.16 Å². The van der Waals surface area contributed by atoms with Crippen LogP contribution in [0.2, 0.25) is 0 Å². The third kappa shape index (κ3) is 8.60. The first kappa shape index (κ1) is 26.0. The van der Waals surface area contributed by atoms with Crippen molar-refractivity contribution >= 4 is 17.7 Å². The van der Waals surface area contributed by atoms with Crippen LogP contribution in [-0.4, -0.2) is 21.7 Å². The second kappa shape index (κ2) is 14.6. The summed E-state index contributed by atoms with van der Waals surface area (Å²) in [4.78, 5) is 21.6. The number of esters is 1. The molecule has 0 unspecified atom stereocenters. The summed E-state index contributed by atoms with van der Waals surface area (Å²) < 4.78 is 5.56. The van der Waals surface area contributed by atoms with Crippen LogP contribution in [0.5, 0.6) is 5.75 Å². The molecule has 2 aromatic carbocycles. The first-order valence-electron chi connectivity index (χ1n) is 12.6. The molecule has 0 saturated carbocycles. The molecule has 0 aliphatic rings. The number of hydrogen-bond acceptors (Lipinski definition) is 5. The fraction of sp³-hybridized carbons (Fsp3) is 0.414. The lowest BCUT2D eigenvalue weighted by Crippen LogP contribution is -2.08. The molecular weight excluding hydrogens is 440 g/mol. The monoisotopic (exact) mass is 476 g/mol. The van der Waals surface area contributed by atoms with E-state index in [1.165, 1.54) is 44.1 Å². The lowest BCUT2D eigenvalue weighted by molar-refractivity contribution is 0.0735. The van der Waals surface area contributed by atoms with Crippen LogP contribution < -0.4 is 4.74 Å². The zero-order valence-electron chi connectivity index (χ0n) is 20.5. The van der Waals surface area contributed by atoms with E-state index in [0.29, 0.717) is 11.3 Å². The van der Waals surface area contributed by atoms with Crippen molar-refractivity contribution in [1.29, 1.82) is 0 Å². The maximum atomic E-state index is 12.5. The van der Waals surface area contributed by atoms with Crippen molar-refractivity contribution in [2.45, 2.75) is 76.8 Å². The number of aromatic nitrogens is 2. The number of hydrogen-bond donors (Lipinski definition) is 0. The summed E-state index contributed by atoms with van der Waals surface area (Å²) in [5.41, 5.74) is 3.66.